The van der Waals surface area contributed by atoms with Crippen molar-refractivity contribution < 1.29 is 8.78 Å². The summed E-state index contributed by atoms with van der Waals surface area (Å²) in [6, 6.07) is 5.84. The number of halogens is 3. The highest BCUT2D eigenvalue weighted by molar-refractivity contribution is 6.19. The van der Waals surface area contributed by atoms with Gasteiger partial charge in [0, 0.05) is 11.1 Å². The summed E-state index contributed by atoms with van der Waals surface area (Å²) in [5.41, 5.74) is 0.710. The van der Waals surface area contributed by atoms with E-state index in [4.69, 9.17) is 11.6 Å². The number of benzene rings is 1. The summed E-state index contributed by atoms with van der Waals surface area (Å²) in [5, 5.41) is 0. The molecule has 0 saturated carbocycles. The van der Waals surface area contributed by atoms with Crippen LogP contribution >= 0.6 is 11.6 Å². The average Bonchev–Trinajstić information content (AvgIpc) is 2.15. The number of rotatable bonds is 1. The minimum absolute atomic E-state index is 0.0106. The summed E-state index contributed by atoms with van der Waals surface area (Å²) >= 11 is 5.34. The van der Waals surface area contributed by atoms with Crippen LogP contribution in [0.1, 0.15) is 17.6 Å². The van der Waals surface area contributed by atoms with Gasteiger partial charge in [-0.2, -0.15) is 0 Å². The van der Waals surface area contributed by atoms with E-state index in [1.165, 1.54) is 12.1 Å². The third kappa shape index (κ3) is 3.04. The minimum Gasteiger partial charge on any atom is -0.205 e. The minimum atomic E-state index is -2.42. The van der Waals surface area contributed by atoms with Crippen LogP contribution in [0.15, 0.2) is 24.3 Å². The van der Waals surface area contributed by atoms with Crippen LogP contribution in [0.5, 0.6) is 0 Å². The van der Waals surface area contributed by atoms with Crippen molar-refractivity contribution in [1.82, 2.24) is 0 Å². The first-order valence-electron chi connectivity index (χ1n) is 3.67. The van der Waals surface area contributed by atoms with Gasteiger partial charge in [0.2, 0.25) is 0 Å². The topological polar surface area (TPSA) is 0 Å². The van der Waals surface area contributed by atoms with Crippen molar-refractivity contribution in [3.8, 4) is 11.8 Å². The fraction of sp³-hybridized carbons (Fsp3) is 0.200. The zero-order valence-corrected chi connectivity index (χ0v) is 7.48. The van der Waals surface area contributed by atoms with Crippen molar-refractivity contribution >= 4 is 11.6 Å². The maximum absolute atomic E-state index is 12.1. The van der Waals surface area contributed by atoms with Crippen molar-refractivity contribution in [2.45, 2.75) is 6.43 Å². The van der Waals surface area contributed by atoms with Gasteiger partial charge < -0.3 is 0 Å². The van der Waals surface area contributed by atoms with E-state index in [0.717, 1.165) is 0 Å². The van der Waals surface area contributed by atoms with Crippen molar-refractivity contribution in [1.29, 1.82) is 0 Å². The molecule has 0 N–H and O–H groups in total. The Morgan fingerprint density at radius 1 is 1.23 bits per heavy atom. The molecule has 0 radical (unpaired) electrons. The zero-order valence-electron chi connectivity index (χ0n) is 6.73. The normalized spacial score (nSPS) is 9.54. The molecule has 68 valence electrons. The molecule has 0 heterocycles. The lowest BCUT2D eigenvalue weighted by molar-refractivity contribution is 0.151. The quantitative estimate of drug-likeness (QED) is 0.482. The molecule has 3 heteroatoms. The number of alkyl halides is 3. The van der Waals surface area contributed by atoms with E-state index in [-0.39, 0.29) is 11.4 Å². The van der Waals surface area contributed by atoms with Gasteiger partial charge in [0.25, 0.3) is 6.43 Å². The van der Waals surface area contributed by atoms with Gasteiger partial charge in [0.1, 0.15) is 0 Å². The Morgan fingerprint density at radius 2 is 1.85 bits per heavy atom. The summed E-state index contributed by atoms with van der Waals surface area (Å²) in [4.78, 5) is 0. The molecule has 0 amide bonds. The lowest BCUT2D eigenvalue weighted by atomic mass is 10.1. The predicted molar refractivity (Wildman–Crippen MR) is 49.0 cm³/mol. The lowest BCUT2D eigenvalue weighted by Crippen LogP contribution is -1.83. The summed E-state index contributed by atoms with van der Waals surface area (Å²) in [6.45, 7) is 0. The van der Waals surface area contributed by atoms with Gasteiger partial charge in [-0.15, -0.1) is 11.6 Å². The van der Waals surface area contributed by atoms with E-state index in [0.29, 0.717) is 5.56 Å². The van der Waals surface area contributed by atoms with Crippen LogP contribution in [0.3, 0.4) is 0 Å². The molecule has 0 atom stereocenters. The van der Waals surface area contributed by atoms with E-state index in [1.807, 2.05) is 0 Å². The summed E-state index contributed by atoms with van der Waals surface area (Å²) in [5.74, 6) is 5.62. The van der Waals surface area contributed by atoms with Crippen LogP contribution in [-0.2, 0) is 0 Å². The fourth-order valence-corrected chi connectivity index (χ4v) is 0.914. The Bertz CT molecular complexity index is 319. The van der Waals surface area contributed by atoms with E-state index >= 15 is 0 Å². The Kier molecular flexibility index (Phi) is 3.72. The second kappa shape index (κ2) is 4.84. The van der Waals surface area contributed by atoms with Crippen LogP contribution in [0, 0.1) is 11.8 Å². The van der Waals surface area contributed by atoms with E-state index in [9.17, 15) is 8.78 Å². The molecule has 0 spiro atoms. The molecule has 0 bridgehead atoms. The molecule has 1 aromatic rings. The molecule has 0 nitrogen and oxygen atoms in total. The predicted octanol–water partition coefficient (Wildman–Crippen LogP) is 3.21. The van der Waals surface area contributed by atoms with E-state index < -0.39 is 6.43 Å². The van der Waals surface area contributed by atoms with E-state index in [2.05, 4.69) is 11.8 Å². The van der Waals surface area contributed by atoms with Crippen LogP contribution in [0.4, 0.5) is 8.78 Å². The largest absolute Gasteiger partial charge is 0.263 e. The molecule has 0 aliphatic rings. The van der Waals surface area contributed by atoms with Gasteiger partial charge >= 0.3 is 0 Å². The molecule has 0 saturated heterocycles. The van der Waals surface area contributed by atoms with Crippen LogP contribution in [0.2, 0.25) is 0 Å². The summed E-state index contributed by atoms with van der Waals surface area (Å²) in [7, 11) is 0. The second-order valence-electron chi connectivity index (χ2n) is 2.36. The number of hydrogen-bond donors (Lipinski definition) is 0. The molecule has 13 heavy (non-hydrogen) atoms. The van der Waals surface area contributed by atoms with Gasteiger partial charge in [-0.1, -0.05) is 24.0 Å². The van der Waals surface area contributed by atoms with Gasteiger partial charge in [-0.05, 0) is 12.1 Å². The van der Waals surface area contributed by atoms with Crippen LogP contribution in [0.25, 0.3) is 0 Å². The maximum Gasteiger partial charge on any atom is 0.263 e. The molecular weight excluding hydrogens is 194 g/mol. The first-order chi connectivity index (χ1) is 6.24. The Morgan fingerprint density at radius 3 is 2.31 bits per heavy atom. The lowest BCUT2D eigenvalue weighted by Gasteiger charge is -1.97. The van der Waals surface area contributed by atoms with Crippen molar-refractivity contribution in [3.63, 3.8) is 0 Å². The highest BCUT2D eigenvalue weighted by atomic mass is 35.5. The molecule has 0 fully saturated rings. The average molecular weight is 201 g/mol. The highest BCUT2D eigenvalue weighted by Crippen LogP contribution is 2.18. The van der Waals surface area contributed by atoms with Gasteiger partial charge in [0.15, 0.2) is 0 Å². The number of hydrogen-bond acceptors (Lipinski definition) is 0. The van der Waals surface area contributed by atoms with Gasteiger partial charge in [0.05, 0.1) is 5.88 Å². The maximum atomic E-state index is 12.1. The molecule has 0 aliphatic carbocycles. The molecule has 0 unspecified atom stereocenters. The summed E-state index contributed by atoms with van der Waals surface area (Å²) in [6.07, 6.45) is -2.42. The summed E-state index contributed by atoms with van der Waals surface area (Å²) < 4.78 is 24.2. The first kappa shape index (κ1) is 10.0. The third-order valence-corrected chi connectivity index (χ3v) is 1.60. The van der Waals surface area contributed by atoms with Gasteiger partial charge in [-0.25, -0.2) is 8.78 Å². The Hall–Kier alpha value is -1.07. The molecular formula is C10H7ClF2. The fourth-order valence-electron chi connectivity index (χ4n) is 0.847. The second-order valence-corrected chi connectivity index (χ2v) is 2.63. The first-order valence-corrected chi connectivity index (χ1v) is 4.20. The highest BCUT2D eigenvalue weighted by Gasteiger charge is 2.04. The Labute approximate surface area is 80.5 Å². The van der Waals surface area contributed by atoms with Crippen molar-refractivity contribution in [2.75, 3.05) is 5.88 Å². The van der Waals surface area contributed by atoms with Crippen molar-refractivity contribution in [2.24, 2.45) is 0 Å². The third-order valence-electron chi connectivity index (χ3n) is 1.46. The molecule has 0 aromatic heterocycles. The Balaban J connectivity index is 2.81. The molecule has 1 rings (SSSR count). The van der Waals surface area contributed by atoms with E-state index in [1.54, 1.807) is 12.1 Å². The standard InChI is InChI=1S/C10H7ClF2/c11-7-1-2-8-3-5-9(6-4-8)10(12)13/h3-6,10H,7H2. The van der Waals surface area contributed by atoms with Crippen LogP contribution in [-0.4, -0.2) is 5.88 Å². The van der Waals surface area contributed by atoms with Crippen molar-refractivity contribution in [3.05, 3.63) is 35.4 Å². The smallest absolute Gasteiger partial charge is 0.205 e. The van der Waals surface area contributed by atoms with Gasteiger partial charge in [-0.3, -0.25) is 0 Å². The van der Waals surface area contributed by atoms with Crippen LogP contribution < -0.4 is 0 Å². The zero-order chi connectivity index (χ0) is 9.68. The molecule has 0 aliphatic heterocycles. The molecule has 1 aromatic carbocycles. The SMILES string of the molecule is FC(F)c1ccc(C#CCCl)cc1. The monoisotopic (exact) mass is 200 g/mol.